The fraction of sp³-hybridized carbons (Fsp3) is 0.615. The third-order valence-electron chi connectivity index (χ3n) is 3.42. The maximum atomic E-state index is 11.7. The number of Topliss-reactive ketones (excluding diaryl/α,β-unsaturated/α-hetero) is 1. The zero-order chi connectivity index (χ0) is 13.1. The van der Waals surface area contributed by atoms with Gasteiger partial charge in [-0.05, 0) is 25.3 Å². The minimum absolute atomic E-state index is 0.111. The minimum atomic E-state index is 0.111. The Morgan fingerprint density at radius 2 is 2.39 bits per heavy atom. The molecule has 1 heterocycles. The van der Waals surface area contributed by atoms with Crippen LogP contribution in [0.4, 0.5) is 10.7 Å². The third-order valence-corrected chi connectivity index (χ3v) is 4.54. The largest absolute Gasteiger partial charge is 0.397 e. The van der Waals surface area contributed by atoms with Gasteiger partial charge >= 0.3 is 0 Å². The molecule has 2 unspecified atom stereocenters. The molecule has 18 heavy (non-hydrogen) atoms. The minimum Gasteiger partial charge on any atom is -0.397 e. The van der Waals surface area contributed by atoms with Gasteiger partial charge in [-0.25, -0.2) is 0 Å². The third kappa shape index (κ3) is 2.67. The number of rotatable bonds is 5. The van der Waals surface area contributed by atoms with Gasteiger partial charge in [0, 0.05) is 13.5 Å². The molecule has 0 saturated heterocycles. The molecule has 1 saturated carbocycles. The molecular formula is C13H20N2O2S. The molecule has 1 aliphatic rings. The average Bonchev–Trinajstić information content (AvgIpc) is 2.95. The van der Waals surface area contributed by atoms with E-state index in [0.29, 0.717) is 23.0 Å². The van der Waals surface area contributed by atoms with E-state index in [-0.39, 0.29) is 11.9 Å². The summed E-state index contributed by atoms with van der Waals surface area (Å²) in [5, 5.41) is 4.41. The second kappa shape index (κ2) is 5.71. The van der Waals surface area contributed by atoms with Crippen molar-refractivity contribution in [2.45, 2.75) is 44.8 Å². The first-order valence-corrected chi connectivity index (χ1v) is 7.19. The van der Waals surface area contributed by atoms with Gasteiger partial charge in [-0.1, -0.05) is 6.92 Å². The van der Waals surface area contributed by atoms with Gasteiger partial charge in [-0.15, -0.1) is 11.3 Å². The normalized spacial score (nSPS) is 23.2. The summed E-state index contributed by atoms with van der Waals surface area (Å²) in [5.41, 5.74) is 6.46. The van der Waals surface area contributed by atoms with Gasteiger partial charge in [0.1, 0.15) is 0 Å². The van der Waals surface area contributed by atoms with Crippen molar-refractivity contribution in [2.75, 3.05) is 18.2 Å². The second-order valence-electron chi connectivity index (χ2n) is 4.63. The van der Waals surface area contributed by atoms with Gasteiger partial charge < -0.3 is 15.8 Å². The number of carbonyl (C=O) groups excluding carboxylic acids is 1. The first-order valence-electron chi connectivity index (χ1n) is 6.37. The Kier molecular flexibility index (Phi) is 4.24. The van der Waals surface area contributed by atoms with Crippen molar-refractivity contribution in [3.05, 3.63) is 10.9 Å². The predicted molar refractivity (Wildman–Crippen MR) is 75.4 cm³/mol. The van der Waals surface area contributed by atoms with Crippen molar-refractivity contribution in [2.24, 2.45) is 0 Å². The summed E-state index contributed by atoms with van der Waals surface area (Å²) in [6.07, 6.45) is 4.13. The van der Waals surface area contributed by atoms with Crippen LogP contribution in [-0.4, -0.2) is 25.0 Å². The highest BCUT2D eigenvalue weighted by Gasteiger charge is 2.27. The van der Waals surface area contributed by atoms with E-state index in [1.165, 1.54) is 17.8 Å². The quantitative estimate of drug-likeness (QED) is 0.806. The molecule has 3 N–H and O–H groups in total. The number of methoxy groups -OCH3 is 1. The first kappa shape index (κ1) is 13.4. The van der Waals surface area contributed by atoms with E-state index >= 15 is 0 Å². The lowest BCUT2D eigenvalue weighted by molar-refractivity contribution is 0.0992. The van der Waals surface area contributed by atoms with Crippen LogP contribution in [0.5, 0.6) is 0 Å². The number of nitrogen functional groups attached to an aromatic ring is 1. The molecule has 0 amide bonds. The van der Waals surface area contributed by atoms with E-state index in [4.69, 9.17) is 10.5 Å². The van der Waals surface area contributed by atoms with Crippen molar-refractivity contribution in [3.8, 4) is 0 Å². The summed E-state index contributed by atoms with van der Waals surface area (Å²) in [6.45, 7) is 1.85. The average molecular weight is 268 g/mol. The van der Waals surface area contributed by atoms with Crippen LogP contribution in [0.15, 0.2) is 6.07 Å². The summed E-state index contributed by atoms with van der Waals surface area (Å²) >= 11 is 1.45. The number of ether oxygens (including phenoxy) is 1. The van der Waals surface area contributed by atoms with Gasteiger partial charge in [0.05, 0.1) is 27.7 Å². The smallest absolute Gasteiger partial charge is 0.174 e. The van der Waals surface area contributed by atoms with E-state index in [2.05, 4.69) is 5.32 Å². The molecule has 0 aromatic carbocycles. The lowest BCUT2D eigenvalue weighted by Crippen LogP contribution is -2.29. The number of anilines is 2. The van der Waals surface area contributed by atoms with E-state index in [0.717, 1.165) is 17.8 Å². The van der Waals surface area contributed by atoms with Crippen LogP contribution in [0.25, 0.3) is 0 Å². The number of nitrogens with one attached hydrogen (secondary N) is 1. The number of thiophene rings is 1. The lowest BCUT2D eigenvalue weighted by atomic mass is 10.2. The molecule has 1 aliphatic carbocycles. The summed E-state index contributed by atoms with van der Waals surface area (Å²) in [4.78, 5) is 12.4. The molecule has 4 nitrogen and oxygen atoms in total. The maximum Gasteiger partial charge on any atom is 0.174 e. The zero-order valence-corrected chi connectivity index (χ0v) is 11.7. The van der Waals surface area contributed by atoms with Gasteiger partial charge in [-0.3, -0.25) is 4.79 Å². The molecule has 0 spiro atoms. The monoisotopic (exact) mass is 268 g/mol. The summed E-state index contributed by atoms with van der Waals surface area (Å²) in [6, 6.07) is 2.19. The fourth-order valence-electron chi connectivity index (χ4n) is 2.41. The van der Waals surface area contributed by atoms with Gasteiger partial charge in [-0.2, -0.15) is 0 Å². The molecule has 0 radical (unpaired) electrons. The number of carbonyl (C=O) groups is 1. The number of ketones is 1. The molecule has 1 aromatic heterocycles. The number of nitrogens with two attached hydrogens (primary N) is 1. The van der Waals surface area contributed by atoms with Crippen molar-refractivity contribution >= 4 is 27.8 Å². The van der Waals surface area contributed by atoms with E-state index in [1.54, 1.807) is 7.11 Å². The zero-order valence-electron chi connectivity index (χ0n) is 10.9. The van der Waals surface area contributed by atoms with E-state index in [1.807, 2.05) is 13.0 Å². The molecule has 1 fully saturated rings. The molecule has 0 bridgehead atoms. The highest BCUT2D eigenvalue weighted by atomic mass is 32.1. The Morgan fingerprint density at radius 1 is 1.61 bits per heavy atom. The van der Waals surface area contributed by atoms with E-state index < -0.39 is 0 Å². The van der Waals surface area contributed by atoms with Gasteiger partial charge in [0.25, 0.3) is 0 Å². The van der Waals surface area contributed by atoms with Gasteiger partial charge in [0.2, 0.25) is 0 Å². The fourth-order valence-corrected chi connectivity index (χ4v) is 3.46. The van der Waals surface area contributed by atoms with Gasteiger partial charge in [0.15, 0.2) is 5.78 Å². The van der Waals surface area contributed by atoms with Crippen molar-refractivity contribution < 1.29 is 9.53 Å². The predicted octanol–water partition coefficient (Wildman–Crippen LogP) is 2.90. The molecule has 5 heteroatoms. The number of hydrogen-bond acceptors (Lipinski definition) is 5. The highest BCUT2D eigenvalue weighted by Crippen LogP contribution is 2.33. The highest BCUT2D eigenvalue weighted by molar-refractivity contribution is 7.18. The van der Waals surface area contributed by atoms with Crippen molar-refractivity contribution in [3.63, 3.8) is 0 Å². The van der Waals surface area contributed by atoms with Crippen LogP contribution in [0, 0.1) is 0 Å². The molecule has 1 aromatic rings. The Hall–Kier alpha value is -1.07. The molecule has 0 aliphatic heterocycles. The first-order chi connectivity index (χ1) is 8.65. The molecule has 100 valence electrons. The van der Waals surface area contributed by atoms with Crippen molar-refractivity contribution in [1.82, 2.24) is 0 Å². The van der Waals surface area contributed by atoms with Crippen LogP contribution >= 0.6 is 11.3 Å². The maximum absolute atomic E-state index is 11.7. The SMILES string of the molecule is CCC(=O)c1sc(NC2CCCC2OC)cc1N. The Balaban J connectivity index is 2.08. The molecule has 2 atom stereocenters. The Labute approximate surface area is 112 Å². The van der Waals surface area contributed by atoms with Crippen LogP contribution in [-0.2, 0) is 4.74 Å². The van der Waals surface area contributed by atoms with Crippen LogP contribution in [0.3, 0.4) is 0 Å². The van der Waals surface area contributed by atoms with Crippen LogP contribution < -0.4 is 11.1 Å². The molecule has 2 rings (SSSR count). The number of hydrogen-bond donors (Lipinski definition) is 2. The second-order valence-corrected chi connectivity index (χ2v) is 5.68. The summed E-state index contributed by atoms with van der Waals surface area (Å²) in [7, 11) is 1.75. The Morgan fingerprint density at radius 3 is 3.06 bits per heavy atom. The summed E-state index contributed by atoms with van der Waals surface area (Å²) < 4.78 is 5.45. The lowest BCUT2D eigenvalue weighted by Gasteiger charge is -2.19. The summed E-state index contributed by atoms with van der Waals surface area (Å²) in [5.74, 6) is 0.111. The van der Waals surface area contributed by atoms with Crippen LogP contribution in [0.1, 0.15) is 42.3 Å². The van der Waals surface area contributed by atoms with Crippen molar-refractivity contribution in [1.29, 1.82) is 0 Å². The van der Waals surface area contributed by atoms with Crippen LogP contribution in [0.2, 0.25) is 0 Å². The standard InChI is InChI=1S/C13H20N2O2S/c1-3-10(16)13-8(14)7-12(18-13)15-9-5-4-6-11(9)17-2/h7,9,11,15H,3-6,14H2,1-2H3. The topological polar surface area (TPSA) is 64.3 Å². The van der Waals surface area contributed by atoms with E-state index in [9.17, 15) is 4.79 Å². The molecular weight excluding hydrogens is 248 g/mol. The Bertz CT molecular complexity index is 431.